The van der Waals surface area contributed by atoms with Crippen LogP contribution < -0.4 is 5.32 Å². The third kappa shape index (κ3) is 7.22. The second-order valence-electron chi connectivity index (χ2n) is 2.57. The molecule has 74 valence electrons. The zero-order valence-electron chi connectivity index (χ0n) is 7.39. The van der Waals surface area contributed by atoms with E-state index in [-0.39, 0.29) is 19.0 Å². The maximum atomic E-state index is 11.8. The largest absolute Gasteiger partial charge is 0.344 e. The second kappa shape index (κ2) is 6.38. The number of amides is 1. The summed E-state index contributed by atoms with van der Waals surface area (Å²) in [5.41, 5.74) is 0. The van der Waals surface area contributed by atoms with Gasteiger partial charge in [-0.25, -0.2) is 8.78 Å². The molecule has 0 fully saturated rings. The van der Waals surface area contributed by atoms with Crippen LogP contribution in [0.1, 0.15) is 0 Å². The zero-order chi connectivity index (χ0) is 10.3. The molecular formula is C8H12F2N2O. The van der Waals surface area contributed by atoms with Gasteiger partial charge in [-0.05, 0) is 7.05 Å². The van der Waals surface area contributed by atoms with E-state index in [9.17, 15) is 13.6 Å². The molecule has 0 aliphatic heterocycles. The van der Waals surface area contributed by atoms with Gasteiger partial charge < -0.3 is 5.32 Å². The quantitative estimate of drug-likeness (QED) is 0.616. The van der Waals surface area contributed by atoms with Crippen LogP contribution in [0.3, 0.4) is 0 Å². The van der Waals surface area contributed by atoms with Crippen molar-refractivity contribution in [3.63, 3.8) is 0 Å². The molecule has 0 aliphatic carbocycles. The Morgan fingerprint density at radius 1 is 1.69 bits per heavy atom. The molecule has 5 heteroatoms. The van der Waals surface area contributed by atoms with Gasteiger partial charge in [-0.1, -0.05) is 5.92 Å². The van der Waals surface area contributed by atoms with Gasteiger partial charge in [0.05, 0.1) is 19.6 Å². The molecule has 0 aliphatic rings. The van der Waals surface area contributed by atoms with Crippen molar-refractivity contribution in [3.05, 3.63) is 0 Å². The highest BCUT2D eigenvalue weighted by Gasteiger charge is 2.10. The Morgan fingerprint density at radius 2 is 2.31 bits per heavy atom. The number of nitrogens with zero attached hydrogens (tertiary/aromatic N) is 1. The summed E-state index contributed by atoms with van der Waals surface area (Å²) in [6.45, 7) is -0.350. The molecule has 0 saturated heterocycles. The van der Waals surface area contributed by atoms with Gasteiger partial charge in [0, 0.05) is 0 Å². The van der Waals surface area contributed by atoms with Crippen molar-refractivity contribution in [2.75, 3.05) is 26.7 Å². The average molecular weight is 190 g/mol. The number of rotatable bonds is 5. The zero-order valence-corrected chi connectivity index (χ0v) is 7.39. The highest BCUT2D eigenvalue weighted by atomic mass is 19.3. The minimum atomic E-state index is -2.43. The summed E-state index contributed by atoms with van der Waals surface area (Å²) in [6.07, 6.45) is 2.46. The van der Waals surface area contributed by atoms with Crippen LogP contribution in [0.2, 0.25) is 0 Å². The number of halogens is 2. The number of hydrogen-bond acceptors (Lipinski definition) is 2. The smallest absolute Gasteiger partial charge is 0.251 e. The normalized spacial score (nSPS) is 10.2. The summed E-state index contributed by atoms with van der Waals surface area (Å²) in [5, 5.41) is 2.37. The molecule has 0 spiro atoms. The Hall–Kier alpha value is -1.15. The van der Waals surface area contributed by atoms with E-state index in [1.807, 2.05) is 0 Å². The molecule has 1 N–H and O–H groups in total. The van der Waals surface area contributed by atoms with E-state index in [1.54, 1.807) is 0 Å². The first-order valence-corrected chi connectivity index (χ1v) is 3.73. The van der Waals surface area contributed by atoms with E-state index in [2.05, 4.69) is 11.2 Å². The average Bonchev–Trinajstić information content (AvgIpc) is 1.98. The molecule has 0 saturated carbocycles. The number of nitrogens with one attached hydrogen (secondary N) is 1. The van der Waals surface area contributed by atoms with Crippen LogP contribution in [-0.2, 0) is 4.79 Å². The molecule has 0 unspecified atom stereocenters. The number of hydrogen-bond donors (Lipinski definition) is 1. The van der Waals surface area contributed by atoms with Crippen molar-refractivity contribution in [1.29, 1.82) is 0 Å². The first-order valence-electron chi connectivity index (χ1n) is 3.73. The first-order chi connectivity index (χ1) is 6.06. The van der Waals surface area contributed by atoms with E-state index < -0.39 is 13.0 Å². The molecule has 0 heterocycles. The van der Waals surface area contributed by atoms with E-state index >= 15 is 0 Å². The maximum absolute atomic E-state index is 11.8. The number of terminal acetylenes is 1. The molecule has 0 rings (SSSR count). The van der Waals surface area contributed by atoms with Crippen molar-refractivity contribution in [2.45, 2.75) is 6.43 Å². The van der Waals surface area contributed by atoms with Crippen LogP contribution in [0, 0.1) is 12.3 Å². The number of alkyl halides is 2. The van der Waals surface area contributed by atoms with Gasteiger partial charge >= 0.3 is 0 Å². The van der Waals surface area contributed by atoms with Gasteiger partial charge in [0.2, 0.25) is 5.91 Å². The molecule has 0 aromatic rings. The second-order valence-corrected chi connectivity index (χ2v) is 2.57. The van der Waals surface area contributed by atoms with E-state index in [0.717, 1.165) is 0 Å². The minimum Gasteiger partial charge on any atom is -0.344 e. The van der Waals surface area contributed by atoms with Crippen molar-refractivity contribution in [3.8, 4) is 12.3 Å². The fourth-order valence-corrected chi connectivity index (χ4v) is 0.751. The van der Waals surface area contributed by atoms with E-state index in [1.165, 1.54) is 11.9 Å². The summed E-state index contributed by atoms with van der Waals surface area (Å²) in [6, 6.07) is 0. The van der Waals surface area contributed by atoms with Gasteiger partial charge in [0.25, 0.3) is 6.43 Å². The Kier molecular flexibility index (Phi) is 5.81. The van der Waals surface area contributed by atoms with E-state index in [4.69, 9.17) is 6.42 Å². The van der Waals surface area contributed by atoms with Crippen LogP contribution in [0.4, 0.5) is 8.78 Å². The van der Waals surface area contributed by atoms with Gasteiger partial charge in [-0.2, -0.15) is 0 Å². The number of carbonyl (C=O) groups is 1. The molecule has 0 atom stereocenters. The third-order valence-electron chi connectivity index (χ3n) is 1.25. The Bertz CT molecular complexity index is 201. The Balaban J connectivity index is 3.60. The highest BCUT2D eigenvalue weighted by molar-refractivity contribution is 5.78. The van der Waals surface area contributed by atoms with Gasteiger partial charge in [-0.15, -0.1) is 6.42 Å². The maximum Gasteiger partial charge on any atom is 0.251 e. The molecule has 0 radical (unpaired) electrons. The molecule has 0 aromatic heterocycles. The van der Waals surface area contributed by atoms with Crippen LogP contribution in [0.5, 0.6) is 0 Å². The predicted octanol–water partition coefficient (Wildman–Crippen LogP) is -0.0673. The summed E-state index contributed by atoms with van der Waals surface area (Å²) >= 11 is 0. The first kappa shape index (κ1) is 11.8. The fourth-order valence-electron chi connectivity index (χ4n) is 0.751. The lowest BCUT2D eigenvalue weighted by atomic mass is 10.5. The monoisotopic (exact) mass is 190 g/mol. The minimum absolute atomic E-state index is 0.0635. The predicted molar refractivity (Wildman–Crippen MR) is 45.3 cm³/mol. The molecule has 3 nitrogen and oxygen atoms in total. The molecule has 1 amide bonds. The molecule has 0 bridgehead atoms. The number of carbonyl (C=O) groups excluding carboxylic acids is 1. The third-order valence-corrected chi connectivity index (χ3v) is 1.25. The lowest BCUT2D eigenvalue weighted by Crippen LogP contribution is -2.37. The van der Waals surface area contributed by atoms with Crippen molar-refractivity contribution < 1.29 is 13.6 Å². The lowest BCUT2D eigenvalue weighted by molar-refractivity contribution is -0.122. The van der Waals surface area contributed by atoms with Crippen LogP contribution in [-0.4, -0.2) is 43.9 Å². The topological polar surface area (TPSA) is 32.3 Å². The summed E-state index contributed by atoms with van der Waals surface area (Å²) in [5.74, 6) is 1.87. The molecular weight excluding hydrogens is 178 g/mol. The highest BCUT2D eigenvalue weighted by Crippen LogP contribution is 1.94. The molecule has 13 heavy (non-hydrogen) atoms. The van der Waals surface area contributed by atoms with Gasteiger partial charge in [0.15, 0.2) is 0 Å². The number of likely N-dealkylation sites (N-methyl/N-ethyl adjacent to an activating group) is 1. The van der Waals surface area contributed by atoms with Crippen molar-refractivity contribution >= 4 is 5.91 Å². The van der Waals surface area contributed by atoms with Gasteiger partial charge in [0.1, 0.15) is 0 Å². The standard InChI is InChI=1S/C8H12F2N2O/c1-3-4-11-8(13)6-12(2)5-7(9)10/h1,7H,4-6H2,2H3,(H,11,13). The Labute approximate surface area is 76.1 Å². The van der Waals surface area contributed by atoms with E-state index in [0.29, 0.717) is 0 Å². The lowest BCUT2D eigenvalue weighted by Gasteiger charge is -2.14. The summed E-state index contributed by atoms with van der Waals surface area (Å²) < 4.78 is 23.6. The van der Waals surface area contributed by atoms with Crippen molar-refractivity contribution in [2.24, 2.45) is 0 Å². The van der Waals surface area contributed by atoms with Crippen LogP contribution >= 0.6 is 0 Å². The fraction of sp³-hybridized carbons (Fsp3) is 0.625. The van der Waals surface area contributed by atoms with Crippen LogP contribution in [0.15, 0.2) is 0 Å². The van der Waals surface area contributed by atoms with Gasteiger partial charge in [-0.3, -0.25) is 9.69 Å². The van der Waals surface area contributed by atoms with Crippen molar-refractivity contribution in [1.82, 2.24) is 10.2 Å². The van der Waals surface area contributed by atoms with Crippen LogP contribution in [0.25, 0.3) is 0 Å². The molecule has 0 aromatic carbocycles. The summed E-state index contributed by atoms with van der Waals surface area (Å²) in [7, 11) is 1.45. The Morgan fingerprint density at radius 3 is 2.77 bits per heavy atom. The SMILES string of the molecule is C#CCNC(=O)CN(C)CC(F)F. The summed E-state index contributed by atoms with van der Waals surface area (Å²) in [4.78, 5) is 12.1.